The molecule has 134 valence electrons. The Morgan fingerprint density at radius 1 is 1.24 bits per heavy atom. The molecule has 0 aliphatic carbocycles. The molecular formula is C18H22N2O4S. The zero-order chi connectivity index (χ0) is 18.4. The first-order chi connectivity index (χ1) is 11.9. The minimum absolute atomic E-state index is 0.0760. The number of benzene rings is 1. The van der Waals surface area contributed by atoms with Gasteiger partial charge in [0.25, 0.3) is 5.69 Å². The lowest BCUT2D eigenvalue weighted by Crippen LogP contribution is -2.29. The number of hydrogen-bond donors (Lipinski definition) is 2. The van der Waals surface area contributed by atoms with E-state index in [9.17, 15) is 20.0 Å². The van der Waals surface area contributed by atoms with Crippen molar-refractivity contribution in [2.45, 2.75) is 26.8 Å². The summed E-state index contributed by atoms with van der Waals surface area (Å²) in [7, 11) is 0. The fourth-order valence-electron chi connectivity index (χ4n) is 2.59. The Hall–Kier alpha value is -2.25. The smallest absolute Gasteiger partial charge is 0.307 e. The molecule has 1 aromatic carbocycles. The van der Waals surface area contributed by atoms with Gasteiger partial charge in [0, 0.05) is 35.0 Å². The van der Waals surface area contributed by atoms with Crippen LogP contribution in [0.1, 0.15) is 25.1 Å². The maximum Gasteiger partial charge on any atom is 0.307 e. The normalized spacial score (nSPS) is 12.3. The van der Waals surface area contributed by atoms with E-state index in [4.69, 9.17) is 0 Å². The molecule has 1 unspecified atom stereocenters. The van der Waals surface area contributed by atoms with Crippen molar-refractivity contribution in [3.05, 3.63) is 51.4 Å². The quantitative estimate of drug-likeness (QED) is 0.516. The number of nitrogens with zero attached hydrogens (tertiary/aromatic N) is 1. The second-order valence-electron chi connectivity index (χ2n) is 6.37. The molecule has 0 fully saturated rings. The molecular weight excluding hydrogens is 340 g/mol. The molecule has 2 N–H and O–H groups in total. The molecule has 1 heterocycles. The Kier molecular flexibility index (Phi) is 6.66. The van der Waals surface area contributed by atoms with Crippen LogP contribution in [0.15, 0.2) is 36.4 Å². The van der Waals surface area contributed by atoms with Crippen molar-refractivity contribution in [1.29, 1.82) is 0 Å². The van der Waals surface area contributed by atoms with Crippen LogP contribution in [-0.2, 0) is 11.3 Å². The third-order valence-corrected chi connectivity index (χ3v) is 4.95. The van der Waals surface area contributed by atoms with Crippen LogP contribution >= 0.6 is 11.3 Å². The molecule has 25 heavy (non-hydrogen) atoms. The van der Waals surface area contributed by atoms with Gasteiger partial charge in [-0.05, 0) is 42.2 Å². The summed E-state index contributed by atoms with van der Waals surface area (Å²) >= 11 is 1.59. The highest BCUT2D eigenvalue weighted by molar-refractivity contribution is 7.15. The number of carboxylic acids is 1. The van der Waals surface area contributed by atoms with E-state index < -0.39 is 10.9 Å². The van der Waals surface area contributed by atoms with Gasteiger partial charge in [-0.1, -0.05) is 13.8 Å². The molecule has 1 aromatic heterocycles. The number of non-ortho nitro benzene ring substituents is 1. The molecule has 0 aliphatic rings. The average Bonchev–Trinajstić information content (AvgIpc) is 3.02. The van der Waals surface area contributed by atoms with Gasteiger partial charge < -0.3 is 10.4 Å². The monoisotopic (exact) mass is 362 g/mol. The molecule has 0 spiro atoms. The number of carboxylic acid groups (broad SMARTS) is 1. The van der Waals surface area contributed by atoms with Crippen LogP contribution in [0.2, 0.25) is 0 Å². The number of nitro benzene ring substituents is 1. The second kappa shape index (κ2) is 8.73. The van der Waals surface area contributed by atoms with Crippen molar-refractivity contribution >= 4 is 23.0 Å². The Morgan fingerprint density at radius 3 is 2.48 bits per heavy atom. The van der Waals surface area contributed by atoms with E-state index in [1.54, 1.807) is 23.5 Å². The summed E-state index contributed by atoms with van der Waals surface area (Å²) in [5, 5.41) is 23.2. The molecule has 0 radical (unpaired) electrons. The Morgan fingerprint density at radius 2 is 1.92 bits per heavy atom. The third kappa shape index (κ3) is 5.65. The fourth-order valence-corrected chi connectivity index (χ4v) is 3.57. The number of thiophene rings is 1. The summed E-state index contributed by atoms with van der Waals surface area (Å²) in [6.45, 7) is 5.09. The zero-order valence-electron chi connectivity index (χ0n) is 14.3. The van der Waals surface area contributed by atoms with Gasteiger partial charge in [0.05, 0.1) is 10.8 Å². The molecule has 2 aromatic rings. The summed E-state index contributed by atoms with van der Waals surface area (Å²) in [5.41, 5.74) is 1.01. The van der Waals surface area contributed by atoms with E-state index in [0.29, 0.717) is 25.4 Å². The maximum atomic E-state index is 11.3. The number of aliphatic carboxylic acids is 1. The van der Waals surface area contributed by atoms with E-state index >= 15 is 0 Å². The minimum Gasteiger partial charge on any atom is -0.481 e. The van der Waals surface area contributed by atoms with Gasteiger partial charge in [-0.15, -0.1) is 11.3 Å². The van der Waals surface area contributed by atoms with Crippen LogP contribution in [0.3, 0.4) is 0 Å². The Bertz CT molecular complexity index is 725. The summed E-state index contributed by atoms with van der Waals surface area (Å²) in [5.74, 6) is -0.800. The lowest BCUT2D eigenvalue weighted by Gasteiger charge is -2.15. The minimum atomic E-state index is -0.765. The first-order valence-electron chi connectivity index (χ1n) is 8.14. The molecule has 0 saturated carbocycles. The molecule has 6 nitrogen and oxygen atoms in total. The number of carbonyl (C=O) groups is 1. The van der Waals surface area contributed by atoms with E-state index in [1.807, 2.05) is 26.0 Å². The van der Waals surface area contributed by atoms with Crippen LogP contribution in [-0.4, -0.2) is 22.5 Å². The maximum absolute atomic E-state index is 11.3. The van der Waals surface area contributed by atoms with Crippen molar-refractivity contribution in [2.75, 3.05) is 6.54 Å². The molecule has 7 heteroatoms. The van der Waals surface area contributed by atoms with E-state index in [2.05, 4.69) is 5.32 Å². The fraction of sp³-hybridized carbons (Fsp3) is 0.389. The number of nitro groups is 1. The summed E-state index contributed by atoms with van der Waals surface area (Å²) in [6.07, 6.45) is 0.654. The standard InChI is InChI=1S/C18H22N2O4S/c1-12(2)9-14(18(21)22)10-19-11-16-7-8-17(25-16)13-3-5-15(6-4-13)20(23)24/h3-8,12,14,19H,9-11H2,1-2H3,(H,21,22). The van der Waals surface area contributed by atoms with Crippen LogP contribution in [0.4, 0.5) is 5.69 Å². The van der Waals surface area contributed by atoms with Crippen molar-refractivity contribution < 1.29 is 14.8 Å². The lowest BCUT2D eigenvalue weighted by molar-refractivity contribution is -0.384. The topological polar surface area (TPSA) is 92.5 Å². The van der Waals surface area contributed by atoms with E-state index in [-0.39, 0.29) is 11.6 Å². The van der Waals surface area contributed by atoms with Crippen LogP contribution in [0.5, 0.6) is 0 Å². The van der Waals surface area contributed by atoms with Gasteiger partial charge in [-0.2, -0.15) is 0 Å². The second-order valence-corrected chi connectivity index (χ2v) is 7.53. The zero-order valence-corrected chi connectivity index (χ0v) is 15.1. The third-order valence-electron chi connectivity index (χ3n) is 3.82. The lowest BCUT2D eigenvalue weighted by atomic mass is 9.97. The molecule has 1 atom stereocenters. The van der Waals surface area contributed by atoms with Crippen LogP contribution in [0.25, 0.3) is 10.4 Å². The number of hydrogen-bond acceptors (Lipinski definition) is 5. The highest BCUT2D eigenvalue weighted by atomic mass is 32.1. The number of rotatable bonds is 9. The Balaban J connectivity index is 1.92. The molecule has 0 bridgehead atoms. The van der Waals surface area contributed by atoms with Crippen molar-refractivity contribution in [1.82, 2.24) is 5.32 Å². The van der Waals surface area contributed by atoms with Crippen molar-refractivity contribution in [3.63, 3.8) is 0 Å². The highest BCUT2D eigenvalue weighted by Gasteiger charge is 2.18. The van der Waals surface area contributed by atoms with Gasteiger partial charge in [0.15, 0.2) is 0 Å². The van der Waals surface area contributed by atoms with Crippen LogP contribution < -0.4 is 5.32 Å². The predicted molar refractivity (Wildman–Crippen MR) is 98.7 cm³/mol. The molecule has 2 rings (SSSR count). The first kappa shape index (κ1) is 19.1. The predicted octanol–water partition coefficient (Wildman–Crippen LogP) is 4.16. The average molecular weight is 362 g/mol. The van der Waals surface area contributed by atoms with E-state index in [1.165, 1.54) is 12.1 Å². The van der Waals surface area contributed by atoms with Crippen molar-refractivity contribution in [2.24, 2.45) is 11.8 Å². The molecule has 0 aliphatic heterocycles. The molecule has 0 saturated heterocycles. The van der Waals surface area contributed by atoms with Gasteiger partial charge in [-0.3, -0.25) is 14.9 Å². The van der Waals surface area contributed by atoms with Gasteiger partial charge in [0.1, 0.15) is 0 Å². The summed E-state index contributed by atoms with van der Waals surface area (Å²) in [4.78, 5) is 23.7. The van der Waals surface area contributed by atoms with Gasteiger partial charge in [-0.25, -0.2) is 0 Å². The highest BCUT2D eigenvalue weighted by Crippen LogP contribution is 2.29. The van der Waals surface area contributed by atoms with Gasteiger partial charge >= 0.3 is 5.97 Å². The van der Waals surface area contributed by atoms with Gasteiger partial charge in [0.2, 0.25) is 0 Å². The largest absolute Gasteiger partial charge is 0.481 e. The summed E-state index contributed by atoms with van der Waals surface area (Å²) < 4.78 is 0. The van der Waals surface area contributed by atoms with Crippen LogP contribution in [0, 0.1) is 22.0 Å². The number of nitrogens with one attached hydrogen (secondary N) is 1. The molecule has 0 amide bonds. The SMILES string of the molecule is CC(C)CC(CNCc1ccc(-c2ccc([N+](=O)[O-])cc2)s1)C(=O)O. The van der Waals surface area contributed by atoms with E-state index in [0.717, 1.165) is 15.3 Å². The summed E-state index contributed by atoms with van der Waals surface area (Å²) in [6, 6.07) is 10.4. The Labute approximate surface area is 150 Å². The first-order valence-corrected chi connectivity index (χ1v) is 8.95. The van der Waals surface area contributed by atoms with Crippen molar-refractivity contribution in [3.8, 4) is 10.4 Å².